The fourth-order valence-electron chi connectivity index (χ4n) is 2.45. The quantitative estimate of drug-likeness (QED) is 0.135. The molecule has 0 amide bonds. The largest absolute Gasteiger partial charge is 0.460 e. The van der Waals surface area contributed by atoms with Crippen molar-refractivity contribution in [1.82, 2.24) is 0 Å². The Bertz CT molecular complexity index is 552. The lowest BCUT2D eigenvalue weighted by molar-refractivity contribution is -0.151. The summed E-state index contributed by atoms with van der Waals surface area (Å²) in [5.41, 5.74) is 0. The summed E-state index contributed by atoms with van der Waals surface area (Å²) in [6.45, 7) is 3.55. The average Bonchev–Trinajstić information content (AvgIpc) is 2.61. The molecule has 0 aliphatic heterocycles. The van der Waals surface area contributed by atoms with Gasteiger partial charge in [-0.3, -0.25) is 9.35 Å². The van der Waals surface area contributed by atoms with Gasteiger partial charge in [0.1, 0.15) is 0 Å². The highest BCUT2D eigenvalue weighted by Crippen LogP contribution is 2.12. The highest BCUT2D eigenvalue weighted by atomic mass is 32.2. The van der Waals surface area contributed by atoms with Crippen LogP contribution < -0.4 is 0 Å². The van der Waals surface area contributed by atoms with Crippen molar-refractivity contribution >= 4 is 22.1 Å². The van der Waals surface area contributed by atoms with Crippen molar-refractivity contribution in [3.63, 3.8) is 0 Å². The van der Waals surface area contributed by atoms with Crippen molar-refractivity contribution in [2.24, 2.45) is 0 Å². The summed E-state index contributed by atoms with van der Waals surface area (Å²) >= 11 is 0. The van der Waals surface area contributed by atoms with E-state index >= 15 is 0 Å². The first-order valence-corrected chi connectivity index (χ1v) is 11.4. The van der Waals surface area contributed by atoms with Crippen LogP contribution in [-0.4, -0.2) is 37.3 Å². The van der Waals surface area contributed by atoms with Gasteiger partial charge in [0.25, 0.3) is 10.1 Å². The van der Waals surface area contributed by atoms with Crippen molar-refractivity contribution < 1.29 is 32.0 Å². The van der Waals surface area contributed by atoms with Crippen LogP contribution >= 0.6 is 0 Å². The predicted octanol–water partition coefficient (Wildman–Crippen LogP) is 4.18. The first-order chi connectivity index (χ1) is 12.8. The molecule has 0 fully saturated rings. The molecule has 0 saturated heterocycles. The Kier molecular flexibility index (Phi) is 14.8. The molecule has 0 aromatic heterocycles. The molecule has 0 aromatic rings. The van der Waals surface area contributed by atoms with E-state index < -0.39 is 27.8 Å². The number of ether oxygens (including phenoxy) is 2. The number of carbonyl (C=O) groups excluding carboxylic acids is 2. The molecule has 0 heterocycles. The zero-order valence-corrected chi connectivity index (χ0v) is 17.4. The second kappa shape index (κ2) is 15.6. The Balaban J connectivity index is 3.85. The normalized spacial score (nSPS) is 12.0. The van der Waals surface area contributed by atoms with E-state index in [1.807, 2.05) is 0 Å². The van der Waals surface area contributed by atoms with Gasteiger partial charge in [0.15, 0.2) is 0 Å². The molecule has 0 aliphatic carbocycles. The molecule has 0 rings (SSSR count). The Labute approximate surface area is 163 Å². The van der Waals surface area contributed by atoms with E-state index in [1.165, 1.54) is 44.6 Å². The molecule has 8 heteroatoms. The van der Waals surface area contributed by atoms with Crippen molar-refractivity contribution in [1.29, 1.82) is 0 Å². The topological polar surface area (TPSA) is 107 Å². The summed E-state index contributed by atoms with van der Waals surface area (Å²) in [4.78, 5) is 23.6. The van der Waals surface area contributed by atoms with Crippen LogP contribution in [-0.2, 0) is 29.2 Å². The van der Waals surface area contributed by atoms with E-state index in [9.17, 15) is 18.0 Å². The van der Waals surface area contributed by atoms with E-state index in [0.29, 0.717) is 6.42 Å². The van der Waals surface area contributed by atoms with Crippen molar-refractivity contribution in [3.05, 3.63) is 11.8 Å². The lowest BCUT2D eigenvalue weighted by Crippen LogP contribution is -2.16. The molecule has 0 aromatic carbocycles. The van der Waals surface area contributed by atoms with Gasteiger partial charge in [0, 0.05) is 6.42 Å². The van der Waals surface area contributed by atoms with Crippen LogP contribution in [0.25, 0.3) is 0 Å². The average molecular weight is 407 g/mol. The molecular formula is C19H34O7S. The molecule has 0 radical (unpaired) electrons. The maximum absolute atomic E-state index is 11.8. The second-order valence-electron chi connectivity index (χ2n) is 6.48. The summed E-state index contributed by atoms with van der Waals surface area (Å²) in [5, 5.41) is 0. The van der Waals surface area contributed by atoms with Gasteiger partial charge in [0.2, 0.25) is 5.76 Å². The third kappa shape index (κ3) is 16.5. The molecule has 7 nitrogen and oxygen atoms in total. The molecule has 0 atom stereocenters. The smallest absolute Gasteiger partial charge is 0.374 e. The van der Waals surface area contributed by atoms with E-state index in [-0.39, 0.29) is 25.2 Å². The van der Waals surface area contributed by atoms with Crippen LogP contribution in [0.4, 0.5) is 0 Å². The number of allylic oxidation sites excluding steroid dienone is 1. The first-order valence-electron chi connectivity index (χ1n) is 9.79. The summed E-state index contributed by atoms with van der Waals surface area (Å²) in [6, 6.07) is 0. The van der Waals surface area contributed by atoms with Crippen molar-refractivity contribution in [2.45, 2.75) is 84.5 Å². The molecule has 0 aliphatic rings. The number of carbonyl (C=O) groups is 2. The first kappa shape index (κ1) is 25.6. The van der Waals surface area contributed by atoms with E-state index in [2.05, 4.69) is 6.92 Å². The number of rotatable bonds is 16. The fourth-order valence-corrected chi connectivity index (χ4v) is 2.93. The maximum atomic E-state index is 11.8. The van der Waals surface area contributed by atoms with Gasteiger partial charge >= 0.3 is 11.9 Å². The predicted molar refractivity (Wildman–Crippen MR) is 104 cm³/mol. The van der Waals surface area contributed by atoms with Gasteiger partial charge in [-0.1, -0.05) is 58.3 Å². The van der Waals surface area contributed by atoms with Gasteiger partial charge in [-0.15, -0.1) is 0 Å². The second-order valence-corrected chi connectivity index (χ2v) is 8.05. The van der Waals surface area contributed by atoms with Gasteiger partial charge in [-0.2, -0.15) is 8.42 Å². The Morgan fingerprint density at radius 2 is 1.48 bits per heavy atom. The lowest BCUT2D eigenvalue weighted by Gasteiger charge is -2.08. The van der Waals surface area contributed by atoms with Gasteiger partial charge in [-0.05, 0) is 25.8 Å². The molecule has 0 saturated carbocycles. The van der Waals surface area contributed by atoms with Gasteiger partial charge in [0.05, 0.1) is 12.4 Å². The molecule has 158 valence electrons. The highest BCUT2D eigenvalue weighted by molar-refractivity contribution is 7.85. The minimum Gasteiger partial charge on any atom is -0.460 e. The van der Waals surface area contributed by atoms with E-state index in [4.69, 9.17) is 14.0 Å². The summed E-state index contributed by atoms with van der Waals surface area (Å²) in [6.07, 6.45) is 11.8. The summed E-state index contributed by atoms with van der Waals surface area (Å²) in [5.74, 6) is -2.01. The molecule has 1 N–H and O–H groups in total. The third-order valence-corrected chi connectivity index (χ3v) is 4.76. The minimum atomic E-state index is -4.08. The van der Waals surface area contributed by atoms with Crippen LogP contribution in [0.2, 0.25) is 0 Å². The number of esters is 2. The van der Waals surface area contributed by atoms with Crippen molar-refractivity contribution in [2.75, 3.05) is 12.4 Å². The summed E-state index contributed by atoms with van der Waals surface area (Å²) < 4.78 is 39.6. The Morgan fingerprint density at radius 1 is 0.926 bits per heavy atom. The van der Waals surface area contributed by atoms with E-state index in [0.717, 1.165) is 12.8 Å². The van der Waals surface area contributed by atoms with Crippen molar-refractivity contribution in [3.8, 4) is 0 Å². The minimum absolute atomic E-state index is 0.0338. The molecule has 0 unspecified atom stereocenters. The van der Waals surface area contributed by atoms with Crippen LogP contribution in [0.1, 0.15) is 84.5 Å². The Morgan fingerprint density at radius 3 is 2.00 bits per heavy atom. The van der Waals surface area contributed by atoms with Gasteiger partial charge < -0.3 is 9.47 Å². The molecule has 0 bridgehead atoms. The monoisotopic (exact) mass is 406 g/mol. The SMILES string of the molecule is CC=C(OC(=O)CCCCCCCCCCC)C(=O)OCCCS(=O)(=O)O. The number of hydrogen-bond donors (Lipinski definition) is 1. The maximum Gasteiger partial charge on any atom is 0.374 e. The van der Waals surface area contributed by atoms with Crippen LogP contribution in [0.5, 0.6) is 0 Å². The third-order valence-electron chi connectivity index (χ3n) is 3.95. The van der Waals surface area contributed by atoms with Crippen LogP contribution in [0.3, 0.4) is 0 Å². The molecular weight excluding hydrogens is 372 g/mol. The van der Waals surface area contributed by atoms with Gasteiger partial charge in [-0.25, -0.2) is 4.79 Å². The van der Waals surface area contributed by atoms with Crippen LogP contribution in [0, 0.1) is 0 Å². The zero-order chi connectivity index (χ0) is 20.5. The number of unbranched alkanes of at least 4 members (excludes halogenated alkanes) is 8. The standard InChI is InChI=1S/C19H34O7S/c1-3-5-6-7-8-9-10-11-12-14-18(20)26-17(4-2)19(21)25-15-13-16-27(22,23)24/h4H,3,5-16H2,1-2H3,(H,22,23,24). The van der Waals surface area contributed by atoms with Crippen LogP contribution in [0.15, 0.2) is 11.8 Å². The van der Waals surface area contributed by atoms with E-state index in [1.54, 1.807) is 6.92 Å². The zero-order valence-electron chi connectivity index (χ0n) is 16.6. The molecule has 27 heavy (non-hydrogen) atoms. The molecule has 0 spiro atoms. The number of hydrogen-bond acceptors (Lipinski definition) is 6. The lowest BCUT2D eigenvalue weighted by atomic mass is 10.1. The fraction of sp³-hybridized carbons (Fsp3) is 0.789. The summed E-state index contributed by atoms with van der Waals surface area (Å²) in [7, 11) is -4.08. The highest BCUT2D eigenvalue weighted by Gasteiger charge is 2.16. The Hall–Kier alpha value is -1.41.